The molecule has 0 saturated heterocycles. The third-order valence-electron chi connectivity index (χ3n) is 2.69. The molecular weight excluding hydrogens is 289 g/mol. The van der Waals surface area contributed by atoms with Crippen LogP contribution in [-0.4, -0.2) is 16.9 Å². The molecule has 1 rings (SSSR count). The van der Waals surface area contributed by atoms with Gasteiger partial charge in [-0.2, -0.15) is 0 Å². The molecule has 1 aromatic rings. The summed E-state index contributed by atoms with van der Waals surface area (Å²) in [6.07, 6.45) is 0. The monoisotopic (exact) mass is 303 g/mol. The maximum absolute atomic E-state index is 12.1. The minimum absolute atomic E-state index is 0.0108. The van der Waals surface area contributed by atoms with Gasteiger partial charge in [0, 0.05) is 5.41 Å². The largest absolute Gasteiger partial charge is 0.478 e. The van der Waals surface area contributed by atoms with E-state index in [-0.39, 0.29) is 27.0 Å². The minimum Gasteiger partial charge on any atom is -0.478 e. The highest BCUT2D eigenvalue weighted by Crippen LogP contribution is 2.33. The lowest BCUT2D eigenvalue weighted by Crippen LogP contribution is -2.32. The number of aromatic carboxylic acids is 1. The second-order valence-corrected chi connectivity index (χ2v) is 6.01. The third-order valence-corrected chi connectivity index (χ3v) is 3.41. The molecule has 0 aliphatic rings. The summed E-state index contributed by atoms with van der Waals surface area (Å²) in [6, 6.07) is 1.87. The number of nitrogens with two attached hydrogens (primary N) is 1. The molecular formula is C13H15Cl2NO3. The van der Waals surface area contributed by atoms with Crippen LogP contribution in [0.15, 0.2) is 12.1 Å². The number of ketones is 1. The molecule has 0 radical (unpaired) electrons. The summed E-state index contributed by atoms with van der Waals surface area (Å²) in [6.45, 7) is 5.20. The molecule has 0 aromatic heterocycles. The van der Waals surface area contributed by atoms with Crippen LogP contribution in [0.3, 0.4) is 0 Å². The molecule has 0 aliphatic heterocycles. The van der Waals surface area contributed by atoms with Crippen molar-refractivity contribution in [3.63, 3.8) is 0 Å². The van der Waals surface area contributed by atoms with Gasteiger partial charge in [-0.1, -0.05) is 50.0 Å². The van der Waals surface area contributed by atoms with E-state index in [0.717, 1.165) is 0 Å². The van der Waals surface area contributed by atoms with Gasteiger partial charge in [-0.25, -0.2) is 4.79 Å². The lowest BCUT2D eigenvalue weighted by molar-refractivity contribution is -0.127. The van der Waals surface area contributed by atoms with Gasteiger partial charge in [0.25, 0.3) is 0 Å². The SMILES string of the molecule is CC(C)(C)C(=O)C(N)c1ccc(Cl)c(C(=O)O)c1Cl. The fourth-order valence-corrected chi connectivity index (χ4v) is 2.26. The summed E-state index contributed by atoms with van der Waals surface area (Å²) in [5, 5.41) is 8.97. The fourth-order valence-electron chi connectivity index (χ4n) is 1.61. The summed E-state index contributed by atoms with van der Waals surface area (Å²) < 4.78 is 0. The molecule has 19 heavy (non-hydrogen) atoms. The van der Waals surface area contributed by atoms with Gasteiger partial charge in [-0.05, 0) is 11.6 Å². The molecule has 0 fully saturated rings. The lowest BCUT2D eigenvalue weighted by atomic mass is 9.84. The van der Waals surface area contributed by atoms with Gasteiger partial charge in [0.2, 0.25) is 0 Å². The van der Waals surface area contributed by atoms with E-state index in [1.54, 1.807) is 20.8 Å². The number of hydrogen-bond acceptors (Lipinski definition) is 3. The topological polar surface area (TPSA) is 80.4 Å². The second-order valence-electron chi connectivity index (χ2n) is 5.22. The molecule has 1 aromatic carbocycles. The third kappa shape index (κ3) is 3.26. The van der Waals surface area contributed by atoms with Crippen molar-refractivity contribution in [2.24, 2.45) is 11.1 Å². The molecule has 1 unspecified atom stereocenters. The Hall–Kier alpha value is -1.10. The fraction of sp³-hybridized carbons (Fsp3) is 0.385. The first kappa shape index (κ1) is 16.0. The Bertz CT molecular complexity index is 535. The highest BCUT2D eigenvalue weighted by Gasteiger charge is 2.31. The van der Waals surface area contributed by atoms with Gasteiger partial charge in [0.15, 0.2) is 5.78 Å². The van der Waals surface area contributed by atoms with Crippen molar-refractivity contribution < 1.29 is 14.7 Å². The van der Waals surface area contributed by atoms with Crippen LogP contribution < -0.4 is 5.73 Å². The normalized spacial score (nSPS) is 13.2. The summed E-state index contributed by atoms with van der Waals surface area (Å²) in [5.74, 6) is -1.49. The first-order chi connectivity index (χ1) is 8.57. The van der Waals surface area contributed by atoms with Crippen LogP contribution >= 0.6 is 23.2 Å². The second kappa shape index (κ2) is 5.49. The Labute approximate surface area is 121 Å². The maximum atomic E-state index is 12.1. The van der Waals surface area contributed by atoms with E-state index in [4.69, 9.17) is 34.0 Å². The van der Waals surface area contributed by atoms with E-state index in [1.165, 1.54) is 12.1 Å². The van der Waals surface area contributed by atoms with Crippen LogP contribution in [0, 0.1) is 5.41 Å². The Morgan fingerprint density at radius 3 is 2.21 bits per heavy atom. The van der Waals surface area contributed by atoms with Crippen molar-refractivity contribution in [1.82, 2.24) is 0 Å². The van der Waals surface area contributed by atoms with E-state index >= 15 is 0 Å². The van der Waals surface area contributed by atoms with Crippen LogP contribution in [-0.2, 0) is 4.79 Å². The van der Waals surface area contributed by atoms with Gasteiger partial charge in [0.1, 0.15) is 0 Å². The van der Waals surface area contributed by atoms with Crippen LogP contribution in [0.25, 0.3) is 0 Å². The zero-order valence-electron chi connectivity index (χ0n) is 10.8. The molecule has 0 amide bonds. The molecule has 0 spiro atoms. The van der Waals surface area contributed by atoms with Crippen molar-refractivity contribution in [3.05, 3.63) is 33.3 Å². The summed E-state index contributed by atoms with van der Waals surface area (Å²) in [5.41, 5.74) is 5.26. The highest BCUT2D eigenvalue weighted by atomic mass is 35.5. The molecule has 1 atom stereocenters. The predicted octanol–water partition coefficient (Wildman–Crippen LogP) is 3.31. The van der Waals surface area contributed by atoms with E-state index in [2.05, 4.69) is 0 Å². The molecule has 0 saturated carbocycles. The molecule has 6 heteroatoms. The number of carboxylic acid groups (broad SMARTS) is 1. The standard InChI is InChI=1S/C13H15Cl2NO3/c1-13(2,3)11(17)10(16)6-4-5-7(14)8(9(6)15)12(18)19/h4-5,10H,16H2,1-3H3,(H,18,19). The van der Waals surface area contributed by atoms with Crippen LogP contribution in [0.4, 0.5) is 0 Å². The average molecular weight is 304 g/mol. The first-order valence-corrected chi connectivity index (χ1v) is 6.34. The number of halogens is 2. The summed E-state index contributed by atoms with van der Waals surface area (Å²) in [7, 11) is 0. The van der Waals surface area contributed by atoms with E-state index < -0.39 is 17.4 Å². The number of carbonyl (C=O) groups is 2. The van der Waals surface area contributed by atoms with Crippen molar-refractivity contribution in [1.29, 1.82) is 0 Å². The van der Waals surface area contributed by atoms with Crippen molar-refractivity contribution in [2.45, 2.75) is 26.8 Å². The maximum Gasteiger partial charge on any atom is 0.338 e. The summed E-state index contributed by atoms with van der Waals surface area (Å²) >= 11 is 11.8. The number of rotatable bonds is 3. The predicted molar refractivity (Wildman–Crippen MR) is 74.8 cm³/mol. The van der Waals surface area contributed by atoms with Gasteiger partial charge in [-0.15, -0.1) is 0 Å². The molecule has 0 heterocycles. The number of benzene rings is 1. The molecule has 104 valence electrons. The Kier molecular flexibility index (Phi) is 4.61. The Morgan fingerprint density at radius 1 is 1.26 bits per heavy atom. The quantitative estimate of drug-likeness (QED) is 0.897. The molecule has 4 nitrogen and oxygen atoms in total. The summed E-state index contributed by atoms with van der Waals surface area (Å²) in [4.78, 5) is 23.2. The highest BCUT2D eigenvalue weighted by molar-refractivity contribution is 6.39. The molecule has 3 N–H and O–H groups in total. The number of carbonyl (C=O) groups excluding carboxylic acids is 1. The van der Waals surface area contributed by atoms with Crippen molar-refractivity contribution >= 4 is 35.0 Å². The zero-order chi connectivity index (χ0) is 15.0. The van der Waals surface area contributed by atoms with E-state index in [1.807, 2.05) is 0 Å². The zero-order valence-corrected chi connectivity index (χ0v) is 12.3. The Balaban J connectivity index is 3.34. The van der Waals surface area contributed by atoms with Gasteiger partial charge >= 0.3 is 5.97 Å². The average Bonchev–Trinajstić information content (AvgIpc) is 2.25. The number of carboxylic acids is 1. The molecule has 0 bridgehead atoms. The lowest BCUT2D eigenvalue weighted by Gasteiger charge is -2.23. The van der Waals surface area contributed by atoms with E-state index in [9.17, 15) is 9.59 Å². The number of hydrogen-bond donors (Lipinski definition) is 2. The van der Waals surface area contributed by atoms with E-state index in [0.29, 0.717) is 0 Å². The number of Topliss-reactive ketones (excluding diaryl/α,β-unsaturated/α-hetero) is 1. The van der Waals surface area contributed by atoms with Gasteiger partial charge in [-0.3, -0.25) is 4.79 Å². The van der Waals surface area contributed by atoms with Crippen molar-refractivity contribution in [2.75, 3.05) is 0 Å². The smallest absolute Gasteiger partial charge is 0.338 e. The molecule has 0 aliphatic carbocycles. The van der Waals surface area contributed by atoms with Gasteiger partial charge in [0.05, 0.1) is 21.7 Å². The van der Waals surface area contributed by atoms with Crippen LogP contribution in [0.5, 0.6) is 0 Å². The van der Waals surface area contributed by atoms with Gasteiger partial charge < -0.3 is 10.8 Å². The van der Waals surface area contributed by atoms with Crippen LogP contribution in [0.1, 0.15) is 42.7 Å². The minimum atomic E-state index is -1.26. The van der Waals surface area contributed by atoms with Crippen LogP contribution in [0.2, 0.25) is 10.0 Å². The van der Waals surface area contributed by atoms with Crippen molar-refractivity contribution in [3.8, 4) is 0 Å². The Morgan fingerprint density at radius 2 is 1.79 bits per heavy atom. The first-order valence-electron chi connectivity index (χ1n) is 5.58.